The maximum absolute atomic E-state index is 13.2. The first kappa shape index (κ1) is 19.5. The monoisotopic (exact) mass is 406 g/mol. The highest BCUT2D eigenvalue weighted by Gasteiger charge is 2.31. The molecule has 1 amide bonds. The van der Waals surface area contributed by atoms with Crippen molar-refractivity contribution in [3.8, 4) is 17.0 Å². The molecular formula is C24H23ClN2O2. The zero-order valence-corrected chi connectivity index (χ0v) is 17.3. The molecule has 0 saturated carbocycles. The summed E-state index contributed by atoms with van der Waals surface area (Å²) in [7, 11) is 1.61. The van der Waals surface area contributed by atoms with Crippen molar-refractivity contribution in [3.63, 3.8) is 0 Å². The van der Waals surface area contributed by atoms with E-state index in [1.807, 2.05) is 72.5 Å². The van der Waals surface area contributed by atoms with Crippen LogP contribution in [-0.4, -0.2) is 29.4 Å². The molecule has 1 saturated heterocycles. The SMILES string of the molecule is COc1ccc(-c2ccc(C(=O)N3CCC[C@@H]3c3ccccc3Cl)cc2)c(C)n1. The third kappa shape index (κ3) is 3.85. The lowest BCUT2D eigenvalue weighted by atomic mass is 10.0. The number of likely N-dealkylation sites (tertiary alicyclic amines) is 1. The molecule has 1 atom stereocenters. The van der Waals surface area contributed by atoms with E-state index in [0.717, 1.165) is 46.8 Å². The van der Waals surface area contributed by atoms with Crippen molar-refractivity contribution in [1.82, 2.24) is 9.88 Å². The molecule has 1 aromatic heterocycles. The summed E-state index contributed by atoms with van der Waals surface area (Å²) in [6.07, 6.45) is 1.92. The summed E-state index contributed by atoms with van der Waals surface area (Å²) < 4.78 is 5.18. The van der Waals surface area contributed by atoms with Gasteiger partial charge in [0.15, 0.2) is 0 Å². The van der Waals surface area contributed by atoms with Gasteiger partial charge in [0, 0.05) is 34.5 Å². The number of carbonyl (C=O) groups is 1. The minimum Gasteiger partial charge on any atom is -0.481 e. The van der Waals surface area contributed by atoms with Crippen LogP contribution in [0.1, 0.15) is 40.5 Å². The zero-order chi connectivity index (χ0) is 20.4. The largest absolute Gasteiger partial charge is 0.481 e. The predicted octanol–water partition coefficient (Wildman–Crippen LogP) is 5.70. The van der Waals surface area contributed by atoms with Crippen LogP contribution < -0.4 is 4.74 Å². The fourth-order valence-corrected chi connectivity index (χ4v) is 4.26. The summed E-state index contributed by atoms with van der Waals surface area (Å²) in [6, 6.07) is 19.4. The quantitative estimate of drug-likeness (QED) is 0.558. The average Bonchev–Trinajstić information content (AvgIpc) is 3.23. The number of hydrogen-bond donors (Lipinski definition) is 0. The van der Waals surface area contributed by atoms with E-state index >= 15 is 0 Å². The smallest absolute Gasteiger partial charge is 0.254 e. The van der Waals surface area contributed by atoms with Crippen LogP contribution in [0.2, 0.25) is 5.02 Å². The van der Waals surface area contributed by atoms with Crippen LogP contribution in [-0.2, 0) is 0 Å². The second kappa shape index (κ2) is 8.26. The Balaban J connectivity index is 1.57. The summed E-state index contributed by atoms with van der Waals surface area (Å²) in [5.41, 5.74) is 4.66. The Morgan fingerprint density at radius 1 is 1.10 bits per heavy atom. The van der Waals surface area contributed by atoms with Gasteiger partial charge in [0.2, 0.25) is 5.88 Å². The first-order valence-electron chi connectivity index (χ1n) is 9.76. The number of pyridine rings is 1. The van der Waals surface area contributed by atoms with Gasteiger partial charge in [-0.3, -0.25) is 4.79 Å². The number of hydrogen-bond acceptors (Lipinski definition) is 3. The molecule has 5 heteroatoms. The lowest BCUT2D eigenvalue weighted by Crippen LogP contribution is -2.30. The third-order valence-corrected chi connectivity index (χ3v) is 5.83. The van der Waals surface area contributed by atoms with Crippen LogP contribution >= 0.6 is 11.6 Å². The maximum Gasteiger partial charge on any atom is 0.254 e. The van der Waals surface area contributed by atoms with Crippen molar-refractivity contribution in [2.24, 2.45) is 0 Å². The lowest BCUT2D eigenvalue weighted by Gasteiger charge is -2.26. The molecule has 2 aromatic carbocycles. The highest BCUT2D eigenvalue weighted by Crippen LogP contribution is 2.36. The Hall–Kier alpha value is -2.85. The van der Waals surface area contributed by atoms with Crippen LogP contribution in [0.25, 0.3) is 11.1 Å². The van der Waals surface area contributed by atoms with Crippen LogP contribution in [0, 0.1) is 6.92 Å². The number of carbonyl (C=O) groups excluding carboxylic acids is 1. The highest BCUT2D eigenvalue weighted by atomic mass is 35.5. The fraction of sp³-hybridized carbons (Fsp3) is 0.250. The molecule has 0 radical (unpaired) electrons. The van der Waals surface area contributed by atoms with Gasteiger partial charge >= 0.3 is 0 Å². The van der Waals surface area contributed by atoms with Crippen LogP contribution in [0.5, 0.6) is 5.88 Å². The molecule has 1 aliphatic heterocycles. The number of rotatable bonds is 4. The van der Waals surface area contributed by atoms with E-state index in [-0.39, 0.29) is 11.9 Å². The minimum atomic E-state index is 0.0314. The van der Waals surface area contributed by atoms with E-state index in [4.69, 9.17) is 16.3 Å². The maximum atomic E-state index is 13.2. The third-order valence-electron chi connectivity index (χ3n) is 5.49. The van der Waals surface area contributed by atoms with Gasteiger partial charge < -0.3 is 9.64 Å². The van der Waals surface area contributed by atoms with Gasteiger partial charge in [-0.2, -0.15) is 0 Å². The van der Waals surface area contributed by atoms with E-state index in [2.05, 4.69) is 4.98 Å². The number of nitrogens with zero attached hydrogens (tertiary/aromatic N) is 2. The molecule has 3 aromatic rings. The summed E-state index contributed by atoms with van der Waals surface area (Å²) in [5.74, 6) is 0.640. The lowest BCUT2D eigenvalue weighted by molar-refractivity contribution is 0.0736. The molecular weight excluding hydrogens is 384 g/mol. The predicted molar refractivity (Wildman–Crippen MR) is 115 cm³/mol. The number of benzene rings is 2. The van der Waals surface area contributed by atoms with Crippen LogP contribution in [0.15, 0.2) is 60.7 Å². The Morgan fingerprint density at radius 2 is 1.86 bits per heavy atom. The van der Waals surface area contributed by atoms with E-state index in [9.17, 15) is 4.79 Å². The Bertz CT molecular complexity index is 1030. The second-order valence-corrected chi connectivity index (χ2v) is 7.65. The molecule has 0 unspecified atom stereocenters. The molecule has 0 aliphatic carbocycles. The normalized spacial score (nSPS) is 16.1. The molecule has 0 bridgehead atoms. The number of ether oxygens (including phenoxy) is 1. The first-order valence-corrected chi connectivity index (χ1v) is 10.1. The average molecular weight is 407 g/mol. The Labute approximate surface area is 176 Å². The van der Waals surface area contributed by atoms with Gasteiger partial charge in [0.25, 0.3) is 5.91 Å². The van der Waals surface area contributed by atoms with E-state index in [1.54, 1.807) is 7.11 Å². The summed E-state index contributed by atoms with van der Waals surface area (Å²) >= 11 is 6.39. The van der Waals surface area contributed by atoms with Crippen molar-refractivity contribution in [3.05, 3.63) is 82.5 Å². The molecule has 148 valence electrons. The van der Waals surface area contributed by atoms with E-state index in [0.29, 0.717) is 11.4 Å². The molecule has 1 fully saturated rings. The summed E-state index contributed by atoms with van der Waals surface area (Å²) in [5, 5.41) is 0.718. The number of aryl methyl sites for hydroxylation is 1. The van der Waals surface area contributed by atoms with Gasteiger partial charge in [-0.05, 0) is 55.2 Å². The molecule has 1 aliphatic rings. The fourth-order valence-electron chi connectivity index (χ4n) is 3.99. The molecule has 2 heterocycles. The number of amides is 1. The Morgan fingerprint density at radius 3 is 2.55 bits per heavy atom. The van der Waals surface area contributed by atoms with Crippen molar-refractivity contribution < 1.29 is 9.53 Å². The number of halogens is 1. The first-order chi connectivity index (χ1) is 14.1. The van der Waals surface area contributed by atoms with Gasteiger partial charge in [-0.15, -0.1) is 0 Å². The summed E-state index contributed by atoms with van der Waals surface area (Å²) in [4.78, 5) is 19.6. The standard InChI is InChI=1S/C24H23ClN2O2/c1-16-19(13-14-23(26-16)29-2)17-9-11-18(12-10-17)24(28)27-15-5-8-22(27)20-6-3-4-7-21(20)25/h3-4,6-7,9-14,22H,5,8,15H2,1-2H3/t22-/m1/s1. The van der Waals surface area contributed by atoms with Crippen LogP contribution in [0.3, 0.4) is 0 Å². The number of aromatic nitrogens is 1. The molecule has 4 nitrogen and oxygen atoms in total. The second-order valence-electron chi connectivity index (χ2n) is 7.24. The molecule has 29 heavy (non-hydrogen) atoms. The van der Waals surface area contributed by atoms with Gasteiger partial charge in [-0.1, -0.05) is 41.9 Å². The van der Waals surface area contributed by atoms with Crippen molar-refractivity contribution in [1.29, 1.82) is 0 Å². The number of methoxy groups -OCH3 is 1. The van der Waals surface area contributed by atoms with Crippen molar-refractivity contribution in [2.45, 2.75) is 25.8 Å². The van der Waals surface area contributed by atoms with Gasteiger partial charge in [-0.25, -0.2) is 4.98 Å². The van der Waals surface area contributed by atoms with Crippen molar-refractivity contribution >= 4 is 17.5 Å². The minimum absolute atomic E-state index is 0.0314. The zero-order valence-electron chi connectivity index (χ0n) is 16.6. The molecule has 4 rings (SSSR count). The summed E-state index contributed by atoms with van der Waals surface area (Å²) in [6.45, 7) is 2.70. The van der Waals surface area contributed by atoms with E-state index in [1.165, 1.54) is 0 Å². The van der Waals surface area contributed by atoms with Gasteiger partial charge in [0.1, 0.15) is 0 Å². The highest BCUT2D eigenvalue weighted by molar-refractivity contribution is 6.31. The van der Waals surface area contributed by atoms with Gasteiger partial charge in [0.05, 0.1) is 13.2 Å². The van der Waals surface area contributed by atoms with Crippen molar-refractivity contribution in [2.75, 3.05) is 13.7 Å². The molecule has 0 spiro atoms. The molecule has 0 N–H and O–H groups in total. The topological polar surface area (TPSA) is 42.4 Å². The van der Waals surface area contributed by atoms with Crippen LogP contribution in [0.4, 0.5) is 0 Å². The van der Waals surface area contributed by atoms with E-state index < -0.39 is 0 Å². The Kier molecular flexibility index (Phi) is 5.54.